The highest BCUT2D eigenvalue weighted by Gasteiger charge is 2.22. The monoisotopic (exact) mass is 194 g/mol. The zero-order valence-electron chi connectivity index (χ0n) is 8.75. The van der Waals surface area contributed by atoms with E-state index < -0.39 is 0 Å². The van der Waals surface area contributed by atoms with Gasteiger partial charge >= 0.3 is 0 Å². The van der Waals surface area contributed by atoms with E-state index in [4.69, 9.17) is 0 Å². The normalized spacial score (nSPS) is 24.5. The van der Waals surface area contributed by atoms with Crippen LogP contribution in [0.3, 0.4) is 0 Å². The van der Waals surface area contributed by atoms with Gasteiger partial charge < -0.3 is 10.2 Å². The predicted molar refractivity (Wildman–Crippen MR) is 55.4 cm³/mol. The number of hydrogen-bond acceptors (Lipinski definition) is 2. The van der Waals surface area contributed by atoms with E-state index in [1.165, 1.54) is 37.8 Å². The number of nitrogens with one attached hydrogen (secondary N) is 1. The van der Waals surface area contributed by atoms with Crippen LogP contribution >= 0.6 is 0 Å². The third-order valence-corrected chi connectivity index (χ3v) is 3.21. The van der Waals surface area contributed by atoms with Gasteiger partial charge in [-0.1, -0.05) is 19.3 Å². The molecule has 0 aromatic carbocycles. The molecule has 0 radical (unpaired) electrons. The van der Waals surface area contributed by atoms with E-state index in [0.29, 0.717) is 12.5 Å². The van der Waals surface area contributed by atoms with E-state index in [1.807, 2.05) is 13.2 Å². The van der Waals surface area contributed by atoms with Crippen molar-refractivity contribution < 1.29 is 4.79 Å². The van der Waals surface area contributed by atoms with Gasteiger partial charge in [-0.3, -0.25) is 4.79 Å². The Morgan fingerprint density at radius 1 is 1.36 bits per heavy atom. The second kappa shape index (κ2) is 4.03. The van der Waals surface area contributed by atoms with Gasteiger partial charge in [0.05, 0.1) is 6.54 Å². The zero-order valence-corrected chi connectivity index (χ0v) is 8.75. The molecule has 0 spiro atoms. The van der Waals surface area contributed by atoms with Crippen LogP contribution in [0.15, 0.2) is 11.9 Å². The summed E-state index contributed by atoms with van der Waals surface area (Å²) in [5.41, 5.74) is 1.27. The molecule has 0 atom stereocenters. The Morgan fingerprint density at radius 3 is 2.71 bits per heavy atom. The highest BCUT2D eigenvalue weighted by atomic mass is 16.2. The van der Waals surface area contributed by atoms with E-state index in [1.54, 1.807) is 4.90 Å². The number of likely N-dealkylation sites (N-methyl/N-ethyl adjacent to an activating group) is 1. The molecule has 14 heavy (non-hydrogen) atoms. The summed E-state index contributed by atoms with van der Waals surface area (Å²) >= 11 is 0. The molecule has 1 fully saturated rings. The maximum atomic E-state index is 11.2. The molecule has 3 heteroatoms. The average molecular weight is 194 g/mol. The zero-order chi connectivity index (χ0) is 9.97. The lowest BCUT2D eigenvalue weighted by Crippen LogP contribution is -2.40. The summed E-state index contributed by atoms with van der Waals surface area (Å²) in [4.78, 5) is 13.0. The van der Waals surface area contributed by atoms with Crippen molar-refractivity contribution in [2.45, 2.75) is 32.1 Å². The lowest BCUT2D eigenvalue weighted by atomic mass is 9.86. The number of nitrogens with zero attached hydrogens (tertiary/aromatic N) is 1. The SMILES string of the molecule is CN1C=C(C2CCCCC2)NCC1=O. The van der Waals surface area contributed by atoms with Crippen molar-refractivity contribution in [1.82, 2.24) is 10.2 Å². The van der Waals surface area contributed by atoms with E-state index in [-0.39, 0.29) is 5.91 Å². The van der Waals surface area contributed by atoms with E-state index in [2.05, 4.69) is 5.32 Å². The van der Waals surface area contributed by atoms with Crippen LogP contribution in [0.2, 0.25) is 0 Å². The summed E-state index contributed by atoms with van der Waals surface area (Å²) < 4.78 is 0. The fourth-order valence-electron chi connectivity index (χ4n) is 2.29. The summed E-state index contributed by atoms with van der Waals surface area (Å²) in [6, 6.07) is 0. The molecule has 0 saturated heterocycles. The van der Waals surface area contributed by atoms with Crippen LogP contribution in [0.5, 0.6) is 0 Å². The van der Waals surface area contributed by atoms with E-state index >= 15 is 0 Å². The molecule has 0 bridgehead atoms. The molecule has 1 N–H and O–H groups in total. The first-order chi connectivity index (χ1) is 6.77. The quantitative estimate of drug-likeness (QED) is 0.685. The first-order valence-electron chi connectivity index (χ1n) is 5.48. The Kier molecular flexibility index (Phi) is 2.75. The smallest absolute Gasteiger partial charge is 0.245 e. The summed E-state index contributed by atoms with van der Waals surface area (Å²) in [6.45, 7) is 0.471. The number of carbonyl (C=O) groups excluding carboxylic acids is 1. The highest BCUT2D eigenvalue weighted by Crippen LogP contribution is 2.29. The minimum Gasteiger partial charge on any atom is -0.378 e. The fraction of sp³-hybridized carbons (Fsp3) is 0.727. The molecule has 78 valence electrons. The Labute approximate surface area is 85.2 Å². The Morgan fingerprint density at radius 2 is 2.07 bits per heavy atom. The summed E-state index contributed by atoms with van der Waals surface area (Å²) in [7, 11) is 1.84. The van der Waals surface area contributed by atoms with Crippen molar-refractivity contribution in [3.8, 4) is 0 Å². The molecule has 0 unspecified atom stereocenters. The summed E-state index contributed by atoms with van der Waals surface area (Å²) in [5, 5.41) is 3.24. The van der Waals surface area contributed by atoms with Crippen LogP contribution in [0, 0.1) is 5.92 Å². The molecule has 1 saturated carbocycles. The van der Waals surface area contributed by atoms with Gasteiger partial charge in [-0.2, -0.15) is 0 Å². The molecular formula is C11H18N2O. The van der Waals surface area contributed by atoms with Crippen LogP contribution in [-0.4, -0.2) is 24.4 Å². The van der Waals surface area contributed by atoms with Crippen molar-refractivity contribution in [1.29, 1.82) is 0 Å². The third-order valence-electron chi connectivity index (χ3n) is 3.21. The molecule has 0 aromatic heterocycles. The molecule has 2 aliphatic rings. The third kappa shape index (κ3) is 1.91. The molecule has 1 aliphatic carbocycles. The number of hydrogen-bond donors (Lipinski definition) is 1. The van der Waals surface area contributed by atoms with Crippen molar-refractivity contribution in [3.05, 3.63) is 11.9 Å². The van der Waals surface area contributed by atoms with Crippen molar-refractivity contribution >= 4 is 5.91 Å². The molecule has 3 nitrogen and oxygen atoms in total. The minimum atomic E-state index is 0.157. The highest BCUT2D eigenvalue weighted by molar-refractivity contribution is 5.80. The average Bonchev–Trinajstić information content (AvgIpc) is 2.23. The van der Waals surface area contributed by atoms with Crippen LogP contribution in [0.25, 0.3) is 0 Å². The van der Waals surface area contributed by atoms with Gasteiger partial charge in [0.1, 0.15) is 0 Å². The summed E-state index contributed by atoms with van der Waals surface area (Å²) in [5.74, 6) is 0.823. The predicted octanol–water partition coefficient (Wildman–Crippen LogP) is 1.47. The first kappa shape index (κ1) is 9.56. The van der Waals surface area contributed by atoms with Gasteiger partial charge in [0, 0.05) is 24.9 Å². The van der Waals surface area contributed by atoms with Gasteiger partial charge in [-0.05, 0) is 12.8 Å². The van der Waals surface area contributed by atoms with Crippen molar-refractivity contribution in [2.24, 2.45) is 5.92 Å². The molecule has 1 aliphatic heterocycles. The second-order valence-electron chi connectivity index (χ2n) is 4.28. The minimum absolute atomic E-state index is 0.157. The molecular weight excluding hydrogens is 176 g/mol. The largest absolute Gasteiger partial charge is 0.378 e. The van der Waals surface area contributed by atoms with Gasteiger partial charge in [0.2, 0.25) is 5.91 Å². The van der Waals surface area contributed by atoms with Gasteiger partial charge in [-0.25, -0.2) is 0 Å². The standard InChI is InChI=1S/C11H18N2O/c1-13-8-10(12-7-11(13)14)9-5-3-2-4-6-9/h8-9,12H,2-7H2,1H3. The van der Waals surface area contributed by atoms with Crippen LogP contribution in [0.4, 0.5) is 0 Å². The Bertz CT molecular complexity index is 254. The van der Waals surface area contributed by atoms with Gasteiger partial charge in [0.15, 0.2) is 0 Å². The first-order valence-corrected chi connectivity index (χ1v) is 5.48. The van der Waals surface area contributed by atoms with Crippen LogP contribution in [0.1, 0.15) is 32.1 Å². The maximum Gasteiger partial charge on any atom is 0.245 e. The maximum absolute atomic E-state index is 11.2. The Balaban J connectivity index is 2.02. The fourth-order valence-corrected chi connectivity index (χ4v) is 2.29. The lowest BCUT2D eigenvalue weighted by molar-refractivity contribution is -0.127. The molecule has 1 amide bonds. The van der Waals surface area contributed by atoms with E-state index in [0.717, 1.165) is 0 Å². The molecule has 0 aromatic rings. The molecule has 2 rings (SSSR count). The number of amides is 1. The lowest BCUT2D eigenvalue weighted by Gasteiger charge is -2.30. The van der Waals surface area contributed by atoms with Gasteiger partial charge in [0.25, 0.3) is 0 Å². The number of allylic oxidation sites excluding steroid dienone is 1. The second-order valence-corrected chi connectivity index (χ2v) is 4.28. The van der Waals surface area contributed by atoms with Crippen LogP contribution < -0.4 is 5.32 Å². The van der Waals surface area contributed by atoms with Gasteiger partial charge in [-0.15, -0.1) is 0 Å². The summed E-state index contributed by atoms with van der Waals surface area (Å²) in [6.07, 6.45) is 8.57. The molecule has 1 heterocycles. The van der Waals surface area contributed by atoms with Crippen LogP contribution in [-0.2, 0) is 4.79 Å². The van der Waals surface area contributed by atoms with Crippen molar-refractivity contribution in [2.75, 3.05) is 13.6 Å². The van der Waals surface area contributed by atoms with Crippen molar-refractivity contribution in [3.63, 3.8) is 0 Å². The topological polar surface area (TPSA) is 32.3 Å². The Hall–Kier alpha value is -0.990. The van der Waals surface area contributed by atoms with E-state index in [9.17, 15) is 4.79 Å². The number of rotatable bonds is 1. The number of carbonyl (C=O) groups is 1.